The molecule has 0 aromatic heterocycles. The topological polar surface area (TPSA) is 34.1 Å². The van der Waals surface area contributed by atoms with Crippen molar-refractivity contribution in [2.45, 2.75) is 11.4 Å². The molecule has 0 aromatic rings. The molecule has 0 amide bonds. The van der Waals surface area contributed by atoms with Crippen LogP contribution in [0.25, 0.3) is 0 Å². The number of allylic oxidation sites excluding steroid dienone is 3. The molecule has 0 fully saturated rings. The molecule has 0 N–H and O–H groups in total. The SMILES string of the molecule is O=S(=O)(Cl)C1(F)C=C(F)C=CC1. The molecule has 12 heavy (non-hydrogen) atoms. The van der Waals surface area contributed by atoms with Crippen LogP contribution >= 0.6 is 10.7 Å². The number of rotatable bonds is 1. The summed E-state index contributed by atoms with van der Waals surface area (Å²) in [5.74, 6) is -0.937. The zero-order valence-electron chi connectivity index (χ0n) is 5.80. The Morgan fingerprint density at radius 1 is 1.58 bits per heavy atom. The number of alkyl halides is 1. The molecule has 0 heterocycles. The second-order valence-corrected chi connectivity index (χ2v) is 5.13. The van der Waals surface area contributed by atoms with Crippen LogP contribution in [0.4, 0.5) is 8.78 Å². The van der Waals surface area contributed by atoms with E-state index in [0.29, 0.717) is 6.08 Å². The van der Waals surface area contributed by atoms with E-state index < -0.39 is 26.3 Å². The van der Waals surface area contributed by atoms with Gasteiger partial charge in [0, 0.05) is 23.2 Å². The third-order valence-corrected chi connectivity index (χ3v) is 3.30. The van der Waals surface area contributed by atoms with Crippen LogP contribution in [-0.2, 0) is 9.05 Å². The molecule has 6 heteroatoms. The monoisotopic (exact) mass is 214 g/mol. The average Bonchev–Trinajstić information content (AvgIpc) is 1.83. The van der Waals surface area contributed by atoms with Crippen LogP contribution in [0.2, 0.25) is 0 Å². The lowest BCUT2D eigenvalue weighted by molar-refractivity contribution is 0.329. The van der Waals surface area contributed by atoms with Gasteiger partial charge in [-0.1, -0.05) is 6.08 Å². The Morgan fingerprint density at radius 2 is 2.17 bits per heavy atom. The van der Waals surface area contributed by atoms with Crippen molar-refractivity contribution in [1.29, 1.82) is 0 Å². The predicted octanol–water partition coefficient (Wildman–Crippen LogP) is 2.03. The Kier molecular flexibility index (Phi) is 2.27. The van der Waals surface area contributed by atoms with Gasteiger partial charge in [-0.05, 0) is 6.08 Å². The molecule has 0 saturated heterocycles. The summed E-state index contributed by atoms with van der Waals surface area (Å²) in [6.07, 6.45) is 1.97. The number of hydrogen-bond donors (Lipinski definition) is 0. The summed E-state index contributed by atoms with van der Waals surface area (Å²) in [7, 11) is 0.350. The lowest BCUT2D eigenvalue weighted by Crippen LogP contribution is -2.28. The summed E-state index contributed by atoms with van der Waals surface area (Å²) in [6, 6.07) is 0. The molecule has 1 aliphatic carbocycles. The van der Waals surface area contributed by atoms with Gasteiger partial charge >= 0.3 is 0 Å². The highest BCUT2D eigenvalue weighted by atomic mass is 35.7. The van der Waals surface area contributed by atoms with Gasteiger partial charge < -0.3 is 0 Å². The van der Waals surface area contributed by atoms with E-state index in [-0.39, 0.29) is 0 Å². The molecule has 1 unspecified atom stereocenters. The maximum absolute atomic E-state index is 13.2. The van der Waals surface area contributed by atoms with Crippen LogP contribution in [0, 0.1) is 0 Å². The van der Waals surface area contributed by atoms with Gasteiger partial charge in [-0.15, -0.1) is 0 Å². The maximum Gasteiger partial charge on any atom is 0.271 e. The highest BCUT2D eigenvalue weighted by Crippen LogP contribution is 2.33. The molecule has 0 saturated carbocycles. The molecule has 1 rings (SSSR count). The van der Waals surface area contributed by atoms with Crippen LogP contribution in [0.15, 0.2) is 24.1 Å². The minimum atomic E-state index is -4.42. The molecule has 0 aliphatic heterocycles. The first-order chi connectivity index (χ1) is 5.35. The number of halogens is 3. The van der Waals surface area contributed by atoms with Crippen LogP contribution in [0.1, 0.15) is 6.42 Å². The van der Waals surface area contributed by atoms with E-state index in [0.717, 1.165) is 12.2 Å². The predicted molar refractivity (Wildman–Crippen MR) is 41.6 cm³/mol. The van der Waals surface area contributed by atoms with E-state index in [2.05, 4.69) is 0 Å². The minimum absolute atomic E-state index is 0.356. The van der Waals surface area contributed by atoms with Crippen molar-refractivity contribution in [3.05, 3.63) is 24.1 Å². The van der Waals surface area contributed by atoms with Crippen molar-refractivity contribution in [3.8, 4) is 0 Å². The normalized spacial score (nSPS) is 30.1. The van der Waals surface area contributed by atoms with Gasteiger partial charge in [0.15, 0.2) is 0 Å². The van der Waals surface area contributed by atoms with Gasteiger partial charge in [-0.25, -0.2) is 17.2 Å². The number of hydrogen-bond acceptors (Lipinski definition) is 2. The standard InChI is InChI=1S/C6H5ClF2O2S/c7-12(10,11)6(9)3-1-2-5(8)4-6/h1-2,4H,3H2. The summed E-state index contributed by atoms with van der Waals surface area (Å²) >= 11 is 0. The fourth-order valence-corrected chi connectivity index (χ4v) is 1.69. The van der Waals surface area contributed by atoms with Crippen LogP contribution in [0.3, 0.4) is 0 Å². The second kappa shape index (κ2) is 2.81. The zero-order chi connectivity index (χ0) is 9.41. The molecule has 1 atom stereocenters. The van der Waals surface area contributed by atoms with E-state index in [9.17, 15) is 17.2 Å². The van der Waals surface area contributed by atoms with Crippen molar-refractivity contribution < 1.29 is 17.2 Å². The molecular formula is C6H5ClF2O2S. The van der Waals surface area contributed by atoms with Crippen molar-refractivity contribution in [2.75, 3.05) is 0 Å². The third kappa shape index (κ3) is 1.67. The highest BCUT2D eigenvalue weighted by molar-refractivity contribution is 8.14. The van der Waals surface area contributed by atoms with Gasteiger partial charge in [-0.3, -0.25) is 0 Å². The first-order valence-corrected chi connectivity index (χ1v) is 5.34. The van der Waals surface area contributed by atoms with Gasteiger partial charge in [0.1, 0.15) is 5.83 Å². The van der Waals surface area contributed by atoms with E-state index in [1.54, 1.807) is 0 Å². The van der Waals surface area contributed by atoms with E-state index >= 15 is 0 Å². The van der Waals surface area contributed by atoms with Crippen LogP contribution in [0.5, 0.6) is 0 Å². The Bertz CT molecular complexity index is 347. The summed E-state index contributed by atoms with van der Waals surface area (Å²) < 4.78 is 46.9. The van der Waals surface area contributed by atoms with Gasteiger partial charge in [0.05, 0.1) is 0 Å². The molecular weight excluding hydrogens is 210 g/mol. The molecule has 1 aliphatic rings. The summed E-state index contributed by atoms with van der Waals surface area (Å²) in [4.78, 5) is 0. The quantitative estimate of drug-likeness (QED) is 0.626. The van der Waals surface area contributed by atoms with E-state index in [4.69, 9.17) is 10.7 Å². The fourth-order valence-electron chi connectivity index (χ4n) is 0.815. The Balaban J connectivity index is 3.13. The van der Waals surface area contributed by atoms with Crippen LogP contribution < -0.4 is 0 Å². The summed E-state index contributed by atoms with van der Waals surface area (Å²) in [5, 5.41) is -2.80. The zero-order valence-corrected chi connectivity index (χ0v) is 7.37. The fraction of sp³-hybridized carbons (Fsp3) is 0.333. The van der Waals surface area contributed by atoms with Crippen molar-refractivity contribution in [1.82, 2.24) is 0 Å². The molecule has 0 radical (unpaired) electrons. The van der Waals surface area contributed by atoms with Crippen molar-refractivity contribution >= 4 is 19.7 Å². The van der Waals surface area contributed by atoms with Gasteiger partial charge in [0.2, 0.25) is 5.00 Å². The van der Waals surface area contributed by atoms with Crippen molar-refractivity contribution in [2.24, 2.45) is 0 Å². The van der Waals surface area contributed by atoms with E-state index in [1.807, 2.05) is 0 Å². The Morgan fingerprint density at radius 3 is 2.50 bits per heavy atom. The lowest BCUT2D eigenvalue weighted by Gasteiger charge is -2.18. The highest BCUT2D eigenvalue weighted by Gasteiger charge is 2.41. The Labute approximate surface area is 72.9 Å². The lowest BCUT2D eigenvalue weighted by atomic mass is 10.1. The Hall–Kier alpha value is -0.420. The van der Waals surface area contributed by atoms with E-state index in [1.165, 1.54) is 0 Å². The second-order valence-electron chi connectivity index (χ2n) is 2.36. The first kappa shape index (κ1) is 9.67. The van der Waals surface area contributed by atoms with Crippen LogP contribution in [-0.4, -0.2) is 13.4 Å². The molecule has 0 spiro atoms. The maximum atomic E-state index is 13.2. The first-order valence-electron chi connectivity index (χ1n) is 3.03. The third-order valence-electron chi connectivity index (χ3n) is 1.43. The molecule has 2 nitrogen and oxygen atoms in total. The van der Waals surface area contributed by atoms with Crippen molar-refractivity contribution in [3.63, 3.8) is 0 Å². The summed E-state index contributed by atoms with van der Waals surface area (Å²) in [6.45, 7) is 0. The smallest absolute Gasteiger partial charge is 0.220 e. The molecule has 0 aromatic carbocycles. The minimum Gasteiger partial charge on any atom is -0.220 e. The summed E-state index contributed by atoms with van der Waals surface area (Å²) in [5.41, 5.74) is 0. The van der Waals surface area contributed by atoms with Gasteiger partial charge in [-0.2, -0.15) is 0 Å². The van der Waals surface area contributed by atoms with Gasteiger partial charge in [0.25, 0.3) is 9.05 Å². The molecule has 0 bridgehead atoms. The molecule has 68 valence electrons. The largest absolute Gasteiger partial charge is 0.271 e. The average molecular weight is 215 g/mol.